The van der Waals surface area contributed by atoms with E-state index in [1.54, 1.807) is 37.8 Å². The molecule has 0 spiro atoms. The summed E-state index contributed by atoms with van der Waals surface area (Å²) in [7, 11) is 0. The first kappa shape index (κ1) is 23.6. The Morgan fingerprint density at radius 1 is 0.844 bits per heavy atom. The molecule has 1 fully saturated rings. The van der Waals surface area contributed by atoms with Crippen molar-refractivity contribution in [2.75, 3.05) is 13.1 Å². The van der Waals surface area contributed by atoms with Crippen LogP contribution in [0, 0.1) is 5.82 Å². The van der Waals surface area contributed by atoms with Crippen LogP contribution in [-0.4, -0.2) is 41.4 Å². The van der Waals surface area contributed by atoms with Crippen molar-refractivity contribution < 1.29 is 23.5 Å². The lowest BCUT2D eigenvalue weighted by Gasteiger charge is -2.50. The van der Waals surface area contributed by atoms with Crippen LogP contribution in [0.3, 0.4) is 0 Å². The summed E-state index contributed by atoms with van der Waals surface area (Å²) in [5, 5.41) is 2.96. The molecule has 2 aromatic carbocycles. The Balaban J connectivity index is 1.82. The van der Waals surface area contributed by atoms with Crippen LogP contribution < -0.4 is 5.32 Å². The van der Waals surface area contributed by atoms with Crippen molar-refractivity contribution in [1.29, 1.82) is 0 Å². The molecule has 1 aliphatic rings. The van der Waals surface area contributed by atoms with Gasteiger partial charge in [0.15, 0.2) is 0 Å². The van der Waals surface area contributed by atoms with Crippen LogP contribution in [0.1, 0.15) is 47.1 Å². The van der Waals surface area contributed by atoms with E-state index in [4.69, 9.17) is 9.47 Å². The van der Waals surface area contributed by atoms with E-state index in [2.05, 4.69) is 5.32 Å². The second kappa shape index (κ2) is 8.45. The third-order valence-corrected chi connectivity index (χ3v) is 4.93. The van der Waals surface area contributed by atoms with Gasteiger partial charge in [-0.25, -0.2) is 14.0 Å². The van der Waals surface area contributed by atoms with Gasteiger partial charge in [-0.05, 0) is 70.4 Å². The van der Waals surface area contributed by atoms with Gasteiger partial charge in [0.25, 0.3) is 0 Å². The Bertz CT molecular complexity index is 967. The van der Waals surface area contributed by atoms with Gasteiger partial charge in [-0.1, -0.05) is 36.4 Å². The number of carbonyl (C=O) groups excluding carboxylic acids is 2. The maximum atomic E-state index is 13.2. The molecule has 0 bridgehead atoms. The summed E-state index contributed by atoms with van der Waals surface area (Å²) in [6.07, 6.45) is -0.981. The molecule has 3 rings (SSSR count). The van der Waals surface area contributed by atoms with Gasteiger partial charge in [0.05, 0.1) is 13.1 Å². The smallest absolute Gasteiger partial charge is 0.410 e. The molecular weight excluding hydrogens is 411 g/mol. The predicted molar refractivity (Wildman–Crippen MR) is 121 cm³/mol. The predicted octanol–water partition coefficient (Wildman–Crippen LogP) is 5.46. The molecule has 2 aromatic rings. The van der Waals surface area contributed by atoms with Gasteiger partial charge in [-0.3, -0.25) is 0 Å². The zero-order valence-corrected chi connectivity index (χ0v) is 19.5. The number of hydrogen-bond acceptors (Lipinski definition) is 4. The molecule has 172 valence electrons. The van der Waals surface area contributed by atoms with Crippen molar-refractivity contribution in [3.8, 4) is 11.1 Å². The lowest BCUT2D eigenvalue weighted by atomic mass is 9.82. The van der Waals surface area contributed by atoms with E-state index in [0.717, 1.165) is 16.7 Å². The molecule has 0 atom stereocenters. The summed E-state index contributed by atoms with van der Waals surface area (Å²) in [6, 6.07) is 13.9. The average Bonchev–Trinajstić information content (AvgIpc) is 2.62. The van der Waals surface area contributed by atoms with Crippen molar-refractivity contribution in [3.05, 3.63) is 59.9 Å². The van der Waals surface area contributed by atoms with Crippen LogP contribution in [0.5, 0.6) is 0 Å². The zero-order valence-electron chi connectivity index (χ0n) is 19.5. The van der Waals surface area contributed by atoms with E-state index in [-0.39, 0.29) is 18.9 Å². The number of halogens is 1. The number of likely N-dealkylation sites (tertiary alicyclic amines) is 1. The molecule has 1 heterocycles. The summed E-state index contributed by atoms with van der Waals surface area (Å²) in [4.78, 5) is 26.6. The molecule has 32 heavy (non-hydrogen) atoms. The summed E-state index contributed by atoms with van der Waals surface area (Å²) in [5.74, 6) is -0.289. The molecule has 0 aromatic heterocycles. The SMILES string of the molecule is CC(C)(C)OC(=O)NC1(c2ccc(-c3ccc(F)cc3)cc2)CN(C(=O)OC(C)(C)C)C1. The summed E-state index contributed by atoms with van der Waals surface area (Å²) < 4.78 is 24.1. The van der Waals surface area contributed by atoms with Gasteiger partial charge >= 0.3 is 12.2 Å². The topological polar surface area (TPSA) is 67.9 Å². The van der Waals surface area contributed by atoms with Crippen molar-refractivity contribution in [2.45, 2.75) is 58.3 Å². The molecule has 1 aliphatic heterocycles. The molecule has 1 N–H and O–H groups in total. The highest BCUT2D eigenvalue weighted by molar-refractivity contribution is 5.74. The van der Waals surface area contributed by atoms with Gasteiger partial charge in [0, 0.05) is 0 Å². The Kier molecular flexibility index (Phi) is 6.22. The molecular formula is C25H31FN2O4. The number of nitrogens with one attached hydrogen (secondary N) is 1. The first-order chi connectivity index (χ1) is 14.8. The monoisotopic (exact) mass is 442 g/mol. The molecule has 1 saturated heterocycles. The van der Waals surface area contributed by atoms with Gasteiger partial charge in [-0.2, -0.15) is 0 Å². The molecule has 6 nitrogen and oxygen atoms in total. The van der Waals surface area contributed by atoms with Crippen LogP contribution in [0.4, 0.5) is 14.0 Å². The molecule has 2 amide bonds. The number of hydrogen-bond donors (Lipinski definition) is 1. The molecule has 0 aliphatic carbocycles. The number of amides is 2. The van der Waals surface area contributed by atoms with Gasteiger partial charge < -0.3 is 19.7 Å². The standard InChI is InChI=1S/C25H31FN2O4/c1-23(2,3)31-21(29)27-25(15-28(16-25)22(30)32-24(4,5)6)19-11-7-17(8-12-19)18-9-13-20(26)14-10-18/h7-14H,15-16H2,1-6H3,(H,27,29). The normalized spacial score (nSPS) is 15.5. The minimum atomic E-state index is -0.791. The number of rotatable bonds is 3. The van der Waals surface area contributed by atoms with E-state index < -0.39 is 28.9 Å². The third kappa shape index (κ3) is 5.78. The van der Waals surface area contributed by atoms with E-state index in [1.165, 1.54) is 12.1 Å². The number of nitrogens with zero attached hydrogens (tertiary/aromatic N) is 1. The van der Waals surface area contributed by atoms with Crippen molar-refractivity contribution in [2.24, 2.45) is 0 Å². The van der Waals surface area contributed by atoms with Gasteiger partial charge in [-0.15, -0.1) is 0 Å². The highest BCUT2D eigenvalue weighted by Crippen LogP contribution is 2.35. The maximum Gasteiger partial charge on any atom is 0.410 e. The van der Waals surface area contributed by atoms with E-state index in [1.807, 2.05) is 45.0 Å². The highest BCUT2D eigenvalue weighted by Gasteiger charge is 2.49. The highest BCUT2D eigenvalue weighted by atomic mass is 19.1. The fourth-order valence-electron chi connectivity index (χ4n) is 3.52. The summed E-state index contributed by atoms with van der Waals surface area (Å²) in [5.41, 5.74) is 0.604. The Morgan fingerprint density at radius 3 is 1.78 bits per heavy atom. The van der Waals surface area contributed by atoms with Crippen molar-refractivity contribution in [1.82, 2.24) is 10.2 Å². The molecule has 0 unspecified atom stereocenters. The zero-order chi connectivity index (χ0) is 23.7. The van der Waals surface area contributed by atoms with Crippen molar-refractivity contribution >= 4 is 12.2 Å². The lowest BCUT2D eigenvalue weighted by Crippen LogP contribution is -2.69. The molecule has 0 radical (unpaired) electrons. The number of carbonyl (C=O) groups is 2. The van der Waals surface area contributed by atoms with Gasteiger partial charge in [0.1, 0.15) is 22.6 Å². The minimum absolute atomic E-state index is 0.261. The minimum Gasteiger partial charge on any atom is -0.444 e. The largest absolute Gasteiger partial charge is 0.444 e. The van der Waals surface area contributed by atoms with Crippen molar-refractivity contribution in [3.63, 3.8) is 0 Å². The number of benzene rings is 2. The van der Waals surface area contributed by atoms with Crippen LogP contribution in [0.15, 0.2) is 48.5 Å². The summed E-state index contributed by atoms with van der Waals surface area (Å²) in [6.45, 7) is 11.3. The number of alkyl carbamates (subject to hydrolysis) is 1. The average molecular weight is 443 g/mol. The molecule has 0 saturated carbocycles. The lowest BCUT2D eigenvalue weighted by molar-refractivity contribution is -0.0229. The first-order valence-electron chi connectivity index (χ1n) is 10.6. The fourth-order valence-corrected chi connectivity index (χ4v) is 3.52. The second-order valence-electron chi connectivity index (χ2n) is 10.1. The van der Waals surface area contributed by atoms with Crippen LogP contribution in [-0.2, 0) is 15.0 Å². The maximum absolute atomic E-state index is 13.2. The Hall–Kier alpha value is -3.09. The van der Waals surface area contributed by atoms with Gasteiger partial charge in [0.2, 0.25) is 0 Å². The van der Waals surface area contributed by atoms with E-state index in [0.29, 0.717) is 0 Å². The van der Waals surface area contributed by atoms with Crippen LogP contribution >= 0.6 is 0 Å². The van der Waals surface area contributed by atoms with E-state index in [9.17, 15) is 14.0 Å². The number of ether oxygens (including phenoxy) is 2. The Morgan fingerprint density at radius 2 is 1.31 bits per heavy atom. The van der Waals surface area contributed by atoms with Crippen LogP contribution in [0.25, 0.3) is 11.1 Å². The van der Waals surface area contributed by atoms with E-state index >= 15 is 0 Å². The van der Waals surface area contributed by atoms with Crippen LogP contribution in [0.2, 0.25) is 0 Å². The quantitative estimate of drug-likeness (QED) is 0.685. The Labute approximate surface area is 188 Å². The fraction of sp³-hybridized carbons (Fsp3) is 0.440. The first-order valence-corrected chi connectivity index (χ1v) is 10.6. The summed E-state index contributed by atoms with van der Waals surface area (Å²) >= 11 is 0. The second-order valence-corrected chi connectivity index (χ2v) is 10.1. The molecule has 7 heteroatoms. The third-order valence-electron chi connectivity index (χ3n) is 4.93.